The summed E-state index contributed by atoms with van der Waals surface area (Å²) >= 11 is 1.32. The standard InChI is InChI=1S/C23H19FN4OS/c24-19-13-11-17(12-14-19)15-25-21(29)16-30-23-27-26-22(18-7-3-1-4-8-18)28(23)20-9-5-2-6-10-20/h1-14H,15-16H2,(H,25,29). The Labute approximate surface area is 178 Å². The zero-order valence-corrected chi connectivity index (χ0v) is 16.8. The van der Waals surface area contributed by atoms with Crippen LogP contribution in [0.25, 0.3) is 17.1 Å². The molecule has 150 valence electrons. The Morgan fingerprint density at radius 2 is 1.57 bits per heavy atom. The maximum atomic E-state index is 13.0. The number of aromatic nitrogens is 3. The average molecular weight is 418 g/mol. The fourth-order valence-electron chi connectivity index (χ4n) is 2.93. The van der Waals surface area contributed by atoms with Crippen LogP contribution in [0.4, 0.5) is 4.39 Å². The topological polar surface area (TPSA) is 59.8 Å². The first kappa shape index (κ1) is 19.8. The maximum absolute atomic E-state index is 13.0. The molecule has 0 saturated carbocycles. The van der Waals surface area contributed by atoms with E-state index < -0.39 is 0 Å². The molecule has 0 fully saturated rings. The van der Waals surface area contributed by atoms with Crippen LogP contribution in [0.3, 0.4) is 0 Å². The number of carbonyl (C=O) groups excluding carboxylic acids is 1. The third kappa shape index (κ3) is 4.75. The van der Waals surface area contributed by atoms with E-state index >= 15 is 0 Å². The predicted octanol–water partition coefficient (Wildman–Crippen LogP) is 4.48. The highest BCUT2D eigenvalue weighted by atomic mass is 32.2. The molecule has 0 atom stereocenters. The molecule has 0 unspecified atom stereocenters. The number of hydrogen-bond donors (Lipinski definition) is 1. The fourth-order valence-corrected chi connectivity index (χ4v) is 3.71. The molecule has 0 aliphatic rings. The van der Waals surface area contributed by atoms with Gasteiger partial charge in [-0.1, -0.05) is 72.4 Å². The highest BCUT2D eigenvalue weighted by Gasteiger charge is 2.17. The Morgan fingerprint density at radius 3 is 2.27 bits per heavy atom. The fraction of sp³-hybridized carbons (Fsp3) is 0.0870. The SMILES string of the molecule is O=C(CSc1nnc(-c2ccccc2)n1-c1ccccc1)NCc1ccc(F)cc1. The quantitative estimate of drug-likeness (QED) is 0.450. The Balaban J connectivity index is 1.49. The van der Waals surface area contributed by atoms with Crippen LogP contribution in [-0.2, 0) is 11.3 Å². The Hall–Kier alpha value is -3.45. The third-order valence-corrected chi connectivity index (χ3v) is 5.34. The highest BCUT2D eigenvalue weighted by Crippen LogP contribution is 2.27. The summed E-state index contributed by atoms with van der Waals surface area (Å²) in [4.78, 5) is 12.3. The van der Waals surface area contributed by atoms with Crippen molar-refractivity contribution in [1.82, 2.24) is 20.1 Å². The minimum Gasteiger partial charge on any atom is -0.351 e. The summed E-state index contributed by atoms with van der Waals surface area (Å²) < 4.78 is 14.9. The molecule has 4 rings (SSSR count). The molecule has 1 N–H and O–H groups in total. The van der Waals surface area contributed by atoms with Gasteiger partial charge < -0.3 is 5.32 Å². The molecule has 1 amide bonds. The maximum Gasteiger partial charge on any atom is 0.230 e. The number of hydrogen-bond acceptors (Lipinski definition) is 4. The first-order valence-corrected chi connectivity index (χ1v) is 10.4. The normalized spacial score (nSPS) is 10.7. The van der Waals surface area contributed by atoms with Gasteiger partial charge in [0.25, 0.3) is 0 Å². The second-order valence-corrected chi connectivity index (χ2v) is 7.48. The van der Waals surface area contributed by atoms with Crippen molar-refractivity contribution in [3.05, 3.63) is 96.3 Å². The van der Waals surface area contributed by atoms with Gasteiger partial charge >= 0.3 is 0 Å². The van der Waals surface area contributed by atoms with Crippen LogP contribution in [0.2, 0.25) is 0 Å². The van der Waals surface area contributed by atoms with Crippen LogP contribution < -0.4 is 5.32 Å². The summed E-state index contributed by atoms with van der Waals surface area (Å²) in [5, 5.41) is 12.2. The van der Waals surface area contributed by atoms with E-state index in [1.807, 2.05) is 65.2 Å². The number of benzene rings is 3. The van der Waals surface area contributed by atoms with E-state index in [1.54, 1.807) is 12.1 Å². The van der Waals surface area contributed by atoms with Crippen LogP contribution in [0.15, 0.2) is 90.1 Å². The van der Waals surface area contributed by atoms with Gasteiger partial charge in [0.05, 0.1) is 5.75 Å². The molecule has 30 heavy (non-hydrogen) atoms. The Kier molecular flexibility index (Phi) is 6.20. The molecular formula is C23H19FN4OS. The summed E-state index contributed by atoms with van der Waals surface area (Å²) in [7, 11) is 0. The molecule has 0 spiro atoms. The molecule has 0 bridgehead atoms. The number of rotatable bonds is 7. The summed E-state index contributed by atoms with van der Waals surface area (Å²) in [5.74, 6) is 0.486. The number of nitrogens with one attached hydrogen (secondary N) is 1. The second-order valence-electron chi connectivity index (χ2n) is 6.54. The summed E-state index contributed by atoms with van der Waals surface area (Å²) in [6.45, 7) is 0.348. The molecule has 1 aromatic heterocycles. The van der Waals surface area contributed by atoms with Gasteiger partial charge in [0.2, 0.25) is 5.91 Å². The van der Waals surface area contributed by atoms with Gasteiger partial charge in [-0.25, -0.2) is 4.39 Å². The van der Waals surface area contributed by atoms with Crippen molar-refractivity contribution in [3.63, 3.8) is 0 Å². The highest BCUT2D eigenvalue weighted by molar-refractivity contribution is 7.99. The smallest absolute Gasteiger partial charge is 0.230 e. The summed E-state index contributed by atoms with van der Waals surface area (Å²) in [6, 6.07) is 25.7. The summed E-state index contributed by atoms with van der Waals surface area (Å²) in [5.41, 5.74) is 2.71. The number of amides is 1. The summed E-state index contributed by atoms with van der Waals surface area (Å²) in [6.07, 6.45) is 0. The van der Waals surface area contributed by atoms with Gasteiger partial charge in [0, 0.05) is 17.8 Å². The van der Waals surface area contributed by atoms with Crippen LogP contribution >= 0.6 is 11.8 Å². The molecular weight excluding hydrogens is 399 g/mol. The molecule has 7 heteroatoms. The van der Waals surface area contributed by atoms with E-state index in [9.17, 15) is 9.18 Å². The molecule has 4 aromatic rings. The zero-order valence-electron chi connectivity index (χ0n) is 16.0. The lowest BCUT2D eigenvalue weighted by molar-refractivity contribution is -0.118. The van der Waals surface area contributed by atoms with Crippen LogP contribution in [0.5, 0.6) is 0 Å². The van der Waals surface area contributed by atoms with E-state index in [0.29, 0.717) is 11.7 Å². The lowest BCUT2D eigenvalue weighted by atomic mass is 10.2. The molecule has 3 aromatic carbocycles. The Bertz CT molecular complexity index is 1120. The Morgan fingerprint density at radius 1 is 0.900 bits per heavy atom. The first-order valence-electron chi connectivity index (χ1n) is 9.41. The molecule has 0 saturated heterocycles. The minimum absolute atomic E-state index is 0.131. The van der Waals surface area contributed by atoms with Crippen molar-refractivity contribution in [2.24, 2.45) is 0 Å². The molecule has 5 nitrogen and oxygen atoms in total. The van der Waals surface area contributed by atoms with Gasteiger partial charge in [-0.15, -0.1) is 10.2 Å². The molecule has 0 radical (unpaired) electrons. The number of thioether (sulfide) groups is 1. The monoisotopic (exact) mass is 418 g/mol. The van der Waals surface area contributed by atoms with Gasteiger partial charge in [-0.05, 0) is 29.8 Å². The first-order chi connectivity index (χ1) is 14.7. The van der Waals surface area contributed by atoms with Gasteiger partial charge in [-0.3, -0.25) is 9.36 Å². The largest absolute Gasteiger partial charge is 0.351 e. The van der Waals surface area contributed by atoms with Crippen molar-refractivity contribution in [2.45, 2.75) is 11.7 Å². The lowest BCUT2D eigenvalue weighted by Gasteiger charge is -2.10. The number of carbonyl (C=O) groups is 1. The number of para-hydroxylation sites is 1. The average Bonchev–Trinajstić information content (AvgIpc) is 3.22. The van der Waals surface area contributed by atoms with Crippen molar-refractivity contribution in [1.29, 1.82) is 0 Å². The number of nitrogens with zero attached hydrogens (tertiary/aromatic N) is 3. The van der Waals surface area contributed by atoms with Crippen LogP contribution in [-0.4, -0.2) is 26.4 Å². The molecule has 0 aliphatic heterocycles. The minimum atomic E-state index is -0.296. The van der Waals surface area contributed by atoms with E-state index in [-0.39, 0.29) is 17.5 Å². The van der Waals surface area contributed by atoms with Crippen molar-refractivity contribution >= 4 is 17.7 Å². The second kappa shape index (κ2) is 9.37. The van der Waals surface area contributed by atoms with Gasteiger partial charge in [0.15, 0.2) is 11.0 Å². The van der Waals surface area contributed by atoms with Crippen molar-refractivity contribution in [2.75, 3.05) is 5.75 Å². The van der Waals surface area contributed by atoms with E-state index in [2.05, 4.69) is 15.5 Å². The third-order valence-electron chi connectivity index (χ3n) is 4.42. The predicted molar refractivity (Wildman–Crippen MR) is 116 cm³/mol. The van der Waals surface area contributed by atoms with Crippen molar-refractivity contribution in [3.8, 4) is 17.1 Å². The van der Waals surface area contributed by atoms with Crippen LogP contribution in [0, 0.1) is 5.82 Å². The van der Waals surface area contributed by atoms with Crippen molar-refractivity contribution < 1.29 is 9.18 Å². The van der Waals surface area contributed by atoms with E-state index in [0.717, 1.165) is 22.6 Å². The molecule has 1 heterocycles. The van der Waals surface area contributed by atoms with Gasteiger partial charge in [-0.2, -0.15) is 0 Å². The van der Waals surface area contributed by atoms with Crippen LogP contribution in [0.1, 0.15) is 5.56 Å². The van der Waals surface area contributed by atoms with E-state index in [4.69, 9.17) is 0 Å². The zero-order chi connectivity index (χ0) is 20.8. The molecule has 0 aliphatic carbocycles. The number of halogens is 1. The lowest BCUT2D eigenvalue weighted by Crippen LogP contribution is -2.24. The van der Waals surface area contributed by atoms with Gasteiger partial charge in [0.1, 0.15) is 5.82 Å². The van der Waals surface area contributed by atoms with E-state index in [1.165, 1.54) is 23.9 Å².